The number of benzene rings is 1. The molecule has 3 aliphatic rings. The van der Waals surface area contributed by atoms with Gasteiger partial charge in [-0.1, -0.05) is 56.5 Å². The van der Waals surface area contributed by atoms with Crippen molar-refractivity contribution in [2.75, 3.05) is 30.0 Å². The molecule has 8 nitrogen and oxygen atoms in total. The van der Waals surface area contributed by atoms with Gasteiger partial charge < -0.3 is 24.1 Å². The van der Waals surface area contributed by atoms with Crippen molar-refractivity contribution >= 4 is 34.1 Å². The maximum atomic E-state index is 13.3. The zero-order valence-corrected chi connectivity index (χ0v) is 25.9. The standard InChI is InChI=1S/C32H46N6O2S/c1-21(2)41(39)31-34-29(33-23(4)25-11-8-12-25)28-30(35-31)36-32(38(28)19-24-15-13-22(3)14-16-24)37-17-18-40-20-27(37)26-9-6-5-7-10-26/h5-7,9-10,21-25,27H,8,11-20H2,1-4H3,(H,33,34,35)/t22?,23-,24?,27+,41?/m1/s1. The quantitative estimate of drug-likeness (QED) is 0.234. The fourth-order valence-electron chi connectivity index (χ4n) is 6.64. The Hall–Kier alpha value is -2.36. The van der Waals surface area contributed by atoms with Crippen molar-refractivity contribution in [3.63, 3.8) is 0 Å². The Labute approximate surface area is 247 Å². The number of rotatable bonds is 9. The number of hydrogen-bond donors (Lipinski definition) is 1. The van der Waals surface area contributed by atoms with Crippen LogP contribution in [0, 0.1) is 17.8 Å². The highest BCUT2D eigenvalue weighted by atomic mass is 32.2. The summed E-state index contributed by atoms with van der Waals surface area (Å²) in [6.45, 7) is 11.5. The minimum atomic E-state index is -1.31. The Morgan fingerprint density at radius 1 is 1.02 bits per heavy atom. The zero-order chi connectivity index (χ0) is 28.5. The Morgan fingerprint density at radius 3 is 2.46 bits per heavy atom. The normalized spacial score (nSPS) is 25.3. The minimum absolute atomic E-state index is 0.0643. The summed E-state index contributed by atoms with van der Waals surface area (Å²) in [5.41, 5.74) is 2.82. The summed E-state index contributed by atoms with van der Waals surface area (Å²) in [6.07, 6.45) is 8.77. The zero-order valence-electron chi connectivity index (χ0n) is 25.1. The van der Waals surface area contributed by atoms with E-state index >= 15 is 0 Å². The van der Waals surface area contributed by atoms with Crippen LogP contribution in [-0.2, 0) is 22.5 Å². The largest absolute Gasteiger partial charge is 0.609 e. The van der Waals surface area contributed by atoms with Gasteiger partial charge in [0.05, 0.1) is 19.3 Å². The molecular weight excluding hydrogens is 532 g/mol. The van der Waals surface area contributed by atoms with Crippen LogP contribution >= 0.6 is 0 Å². The van der Waals surface area contributed by atoms with Gasteiger partial charge in [-0.15, -0.1) is 0 Å². The monoisotopic (exact) mass is 578 g/mol. The van der Waals surface area contributed by atoms with Crippen molar-refractivity contribution in [1.29, 1.82) is 0 Å². The van der Waals surface area contributed by atoms with Crippen molar-refractivity contribution in [1.82, 2.24) is 19.5 Å². The average molecular weight is 579 g/mol. The second-order valence-corrected chi connectivity index (χ2v) is 14.7. The summed E-state index contributed by atoms with van der Waals surface area (Å²) in [5.74, 6) is 3.73. The molecule has 3 heterocycles. The summed E-state index contributed by atoms with van der Waals surface area (Å²) >= 11 is -1.31. The molecule has 9 heteroatoms. The Bertz CT molecular complexity index is 1300. The molecule has 3 aromatic rings. The third kappa shape index (κ3) is 6.09. The van der Waals surface area contributed by atoms with E-state index in [1.54, 1.807) is 0 Å². The van der Waals surface area contributed by atoms with Crippen LogP contribution in [0.5, 0.6) is 0 Å². The molecule has 6 rings (SSSR count). The van der Waals surface area contributed by atoms with Crippen molar-refractivity contribution < 1.29 is 9.29 Å². The molecule has 0 amide bonds. The Kier molecular flexibility index (Phi) is 8.75. The van der Waals surface area contributed by atoms with E-state index in [1.807, 2.05) is 13.8 Å². The number of ether oxygens (including phenoxy) is 1. The van der Waals surface area contributed by atoms with Crippen molar-refractivity contribution in [3.8, 4) is 0 Å². The van der Waals surface area contributed by atoms with Gasteiger partial charge in [0.1, 0.15) is 10.8 Å². The number of nitrogens with zero attached hydrogens (tertiary/aromatic N) is 5. The number of hydrogen-bond acceptors (Lipinski definition) is 7. The molecule has 3 atom stereocenters. The van der Waals surface area contributed by atoms with Gasteiger partial charge in [0.15, 0.2) is 11.5 Å². The van der Waals surface area contributed by atoms with Crippen LogP contribution in [0.1, 0.15) is 84.2 Å². The molecule has 3 fully saturated rings. The molecule has 1 aliphatic heterocycles. The molecule has 222 valence electrons. The topological polar surface area (TPSA) is 91.2 Å². The maximum absolute atomic E-state index is 13.3. The molecule has 2 aromatic heterocycles. The van der Waals surface area contributed by atoms with E-state index < -0.39 is 11.2 Å². The van der Waals surface area contributed by atoms with Crippen LogP contribution in [0.4, 0.5) is 11.8 Å². The van der Waals surface area contributed by atoms with Gasteiger partial charge in [0, 0.05) is 30.3 Å². The average Bonchev–Trinajstić information content (AvgIpc) is 3.31. The van der Waals surface area contributed by atoms with Crippen LogP contribution in [0.25, 0.3) is 11.2 Å². The lowest BCUT2D eigenvalue weighted by Crippen LogP contribution is -2.41. The van der Waals surface area contributed by atoms with E-state index in [4.69, 9.17) is 19.7 Å². The highest BCUT2D eigenvalue weighted by Crippen LogP contribution is 2.38. The second kappa shape index (κ2) is 12.5. The van der Waals surface area contributed by atoms with E-state index in [9.17, 15) is 4.55 Å². The molecule has 0 radical (unpaired) electrons. The molecule has 1 N–H and O–H groups in total. The van der Waals surface area contributed by atoms with Gasteiger partial charge in [0.2, 0.25) is 5.95 Å². The molecule has 2 aliphatic carbocycles. The Balaban J connectivity index is 1.48. The number of nitrogens with one attached hydrogen (secondary N) is 1. The predicted octanol–water partition coefficient (Wildman–Crippen LogP) is 6.35. The highest BCUT2D eigenvalue weighted by Gasteiger charge is 2.34. The molecular formula is C32H46N6O2S. The van der Waals surface area contributed by atoms with E-state index in [-0.39, 0.29) is 17.3 Å². The summed E-state index contributed by atoms with van der Waals surface area (Å²) in [4.78, 5) is 17.5. The predicted molar refractivity (Wildman–Crippen MR) is 166 cm³/mol. The molecule has 1 unspecified atom stereocenters. The van der Waals surface area contributed by atoms with Crippen LogP contribution < -0.4 is 10.2 Å². The lowest BCUT2D eigenvalue weighted by molar-refractivity contribution is 0.0927. The van der Waals surface area contributed by atoms with Crippen LogP contribution in [0.3, 0.4) is 0 Å². The maximum Gasteiger partial charge on any atom is 0.347 e. The number of aromatic nitrogens is 4. The number of morpholine rings is 1. The van der Waals surface area contributed by atoms with Crippen molar-refractivity contribution in [2.45, 2.75) is 102 Å². The molecule has 1 aromatic carbocycles. The van der Waals surface area contributed by atoms with Gasteiger partial charge >= 0.3 is 5.16 Å². The fourth-order valence-corrected chi connectivity index (χ4v) is 7.42. The number of imidazole rings is 1. The van der Waals surface area contributed by atoms with E-state index in [0.29, 0.717) is 35.9 Å². The van der Waals surface area contributed by atoms with Gasteiger partial charge in [-0.25, -0.2) is 0 Å². The number of fused-ring (bicyclic) bond motifs is 1. The SMILES string of the molecule is CC1CCC(Cn2c(N3CCOC[C@H]3c3ccccc3)nc3nc([S+]([O-])C(C)C)nc(N[C@H](C)C4CCC4)c32)CC1. The lowest BCUT2D eigenvalue weighted by Gasteiger charge is -2.37. The third-order valence-electron chi connectivity index (χ3n) is 9.54. The van der Waals surface area contributed by atoms with Gasteiger partial charge in [-0.2, -0.15) is 15.0 Å². The molecule has 2 saturated carbocycles. The van der Waals surface area contributed by atoms with Gasteiger partial charge in [-0.3, -0.25) is 0 Å². The van der Waals surface area contributed by atoms with E-state index in [1.165, 1.54) is 50.5 Å². The first-order valence-corrected chi connectivity index (χ1v) is 16.9. The van der Waals surface area contributed by atoms with Crippen molar-refractivity contribution in [3.05, 3.63) is 35.9 Å². The van der Waals surface area contributed by atoms with Gasteiger partial charge in [-0.05, 0) is 69.8 Å². The second-order valence-electron chi connectivity index (χ2n) is 12.8. The minimum Gasteiger partial charge on any atom is -0.609 e. The van der Waals surface area contributed by atoms with E-state index in [0.717, 1.165) is 36.3 Å². The summed E-state index contributed by atoms with van der Waals surface area (Å²) < 4.78 is 21.7. The first kappa shape index (κ1) is 28.7. The summed E-state index contributed by atoms with van der Waals surface area (Å²) in [6, 6.07) is 11.0. The summed E-state index contributed by atoms with van der Waals surface area (Å²) in [7, 11) is 0. The molecule has 0 bridgehead atoms. The summed E-state index contributed by atoms with van der Waals surface area (Å²) in [5, 5.41) is 4.08. The first-order chi connectivity index (χ1) is 19.9. The third-order valence-corrected chi connectivity index (χ3v) is 10.9. The van der Waals surface area contributed by atoms with Crippen LogP contribution in [0.2, 0.25) is 0 Å². The molecule has 41 heavy (non-hydrogen) atoms. The molecule has 1 saturated heterocycles. The van der Waals surface area contributed by atoms with Crippen LogP contribution in [0.15, 0.2) is 35.5 Å². The highest BCUT2D eigenvalue weighted by molar-refractivity contribution is 7.91. The fraction of sp³-hybridized carbons (Fsp3) is 0.656. The number of anilines is 2. The van der Waals surface area contributed by atoms with Gasteiger partial charge in [0.25, 0.3) is 0 Å². The lowest BCUT2D eigenvalue weighted by atomic mass is 9.80. The smallest absolute Gasteiger partial charge is 0.347 e. The van der Waals surface area contributed by atoms with E-state index in [2.05, 4.69) is 59.0 Å². The molecule has 0 spiro atoms. The van der Waals surface area contributed by atoms with Crippen LogP contribution in [-0.4, -0.2) is 55.1 Å². The van der Waals surface area contributed by atoms with Crippen molar-refractivity contribution in [2.24, 2.45) is 17.8 Å². The first-order valence-electron chi connectivity index (χ1n) is 15.7. The Morgan fingerprint density at radius 2 is 1.78 bits per heavy atom.